The van der Waals surface area contributed by atoms with Gasteiger partial charge in [0.05, 0.1) is 5.69 Å². The third-order valence-corrected chi connectivity index (χ3v) is 3.34. The molecule has 0 atom stereocenters. The summed E-state index contributed by atoms with van der Waals surface area (Å²) in [7, 11) is 0. The van der Waals surface area contributed by atoms with Crippen molar-refractivity contribution in [3.8, 4) is 5.69 Å². The van der Waals surface area contributed by atoms with Crippen molar-refractivity contribution in [3.05, 3.63) is 59.9 Å². The van der Waals surface area contributed by atoms with Crippen LogP contribution in [-0.4, -0.2) is 9.78 Å². The van der Waals surface area contributed by atoms with Gasteiger partial charge < -0.3 is 5.73 Å². The highest BCUT2D eigenvalue weighted by atomic mass is 19.4. The topological polar surface area (TPSA) is 43.8 Å². The zero-order valence-electron chi connectivity index (χ0n) is 10.9. The normalized spacial score (nSPS) is 12.0. The first-order chi connectivity index (χ1) is 10.0. The zero-order chi connectivity index (χ0) is 15.0. The van der Waals surface area contributed by atoms with Crippen molar-refractivity contribution in [1.82, 2.24) is 9.78 Å². The lowest BCUT2D eigenvalue weighted by molar-refractivity contribution is -0.141. The van der Waals surface area contributed by atoms with Crippen molar-refractivity contribution in [1.29, 1.82) is 0 Å². The van der Waals surface area contributed by atoms with E-state index in [9.17, 15) is 13.2 Å². The van der Waals surface area contributed by atoms with Crippen molar-refractivity contribution in [2.75, 3.05) is 0 Å². The highest BCUT2D eigenvalue weighted by molar-refractivity contribution is 5.92. The number of rotatable bonds is 2. The third-order valence-electron chi connectivity index (χ3n) is 3.34. The largest absolute Gasteiger partial charge is 0.435 e. The number of nitrogens with two attached hydrogens (primary N) is 1. The molecule has 0 fully saturated rings. The quantitative estimate of drug-likeness (QED) is 0.785. The summed E-state index contributed by atoms with van der Waals surface area (Å²) in [6.07, 6.45) is -3.13. The number of hydrogen-bond donors (Lipinski definition) is 1. The Morgan fingerprint density at radius 3 is 2.33 bits per heavy atom. The van der Waals surface area contributed by atoms with E-state index in [1.54, 1.807) is 6.07 Å². The molecule has 3 rings (SSSR count). The monoisotopic (exact) mass is 291 g/mol. The van der Waals surface area contributed by atoms with Crippen LogP contribution < -0.4 is 5.73 Å². The Kier molecular flexibility index (Phi) is 3.17. The molecule has 2 N–H and O–H groups in total. The minimum absolute atomic E-state index is 0.369. The van der Waals surface area contributed by atoms with Gasteiger partial charge in [-0.3, -0.25) is 0 Å². The van der Waals surface area contributed by atoms with Crippen molar-refractivity contribution in [2.45, 2.75) is 12.7 Å². The molecule has 0 aliphatic rings. The van der Waals surface area contributed by atoms with Gasteiger partial charge in [-0.25, -0.2) is 4.68 Å². The number of hydrogen-bond acceptors (Lipinski definition) is 2. The second-order valence-corrected chi connectivity index (χ2v) is 4.64. The molecule has 3 nitrogen and oxygen atoms in total. The number of benzene rings is 2. The predicted octanol–water partition coefficient (Wildman–Crippen LogP) is 3.50. The Bertz CT molecular complexity index is 790. The maximum absolute atomic E-state index is 12.7. The smallest absolute Gasteiger partial charge is 0.326 e. The molecule has 2 aromatic carbocycles. The highest BCUT2D eigenvalue weighted by Gasteiger charge is 2.33. The van der Waals surface area contributed by atoms with Gasteiger partial charge in [0.2, 0.25) is 0 Å². The van der Waals surface area contributed by atoms with Gasteiger partial charge in [0, 0.05) is 18.1 Å². The van der Waals surface area contributed by atoms with Crippen molar-refractivity contribution in [3.63, 3.8) is 0 Å². The zero-order valence-corrected chi connectivity index (χ0v) is 10.9. The van der Waals surface area contributed by atoms with Gasteiger partial charge in [-0.05, 0) is 23.1 Å². The van der Waals surface area contributed by atoms with Gasteiger partial charge in [0.25, 0.3) is 0 Å². The first-order valence-corrected chi connectivity index (χ1v) is 6.34. The van der Waals surface area contributed by atoms with Crippen LogP contribution in [-0.2, 0) is 12.7 Å². The van der Waals surface area contributed by atoms with E-state index in [0.29, 0.717) is 12.2 Å². The second-order valence-electron chi connectivity index (χ2n) is 4.64. The first-order valence-electron chi connectivity index (χ1n) is 6.34. The van der Waals surface area contributed by atoms with E-state index in [4.69, 9.17) is 5.73 Å². The predicted molar refractivity (Wildman–Crippen MR) is 74.0 cm³/mol. The van der Waals surface area contributed by atoms with Gasteiger partial charge in [-0.1, -0.05) is 30.3 Å². The number of halogens is 3. The molecule has 0 radical (unpaired) electrons. The molecule has 108 valence electrons. The van der Waals surface area contributed by atoms with Crippen LogP contribution in [0.2, 0.25) is 0 Å². The molecule has 6 heteroatoms. The molecule has 1 heterocycles. The summed E-state index contributed by atoms with van der Waals surface area (Å²) in [4.78, 5) is 0. The van der Waals surface area contributed by atoms with Crippen molar-refractivity contribution < 1.29 is 13.2 Å². The molecule has 1 aromatic heterocycles. The van der Waals surface area contributed by atoms with E-state index in [0.717, 1.165) is 22.4 Å². The lowest BCUT2D eigenvalue weighted by atomic mass is 10.0. The first kappa shape index (κ1) is 13.6. The van der Waals surface area contributed by atoms with Crippen LogP contribution in [0.1, 0.15) is 11.3 Å². The van der Waals surface area contributed by atoms with Gasteiger partial charge in [-0.15, -0.1) is 0 Å². The summed E-state index contributed by atoms with van der Waals surface area (Å²) >= 11 is 0. The lowest BCUT2D eigenvalue weighted by Crippen LogP contribution is -2.07. The summed E-state index contributed by atoms with van der Waals surface area (Å²) in [5.74, 6) is 0. The number of alkyl halides is 3. The van der Waals surface area contributed by atoms with Crippen LogP contribution in [0.3, 0.4) is 0 Å². The molecule has 21 heavy (non-hydrogen) atoms. The van der Waals surface area contributed by atoms with E-state index < -0.39 is 11.9 Å². The second kappa shape index (κ2) is 4.89. The number of aromatic nitrogens is 2. The molecule has 0 unspecified atom stereocenters. The lowest BCUT2D eigenvalue weighted by Gasteiger charge is -2.10. The summed E-state index contributed by atoms with van der Waals surface area (Å²) in [5, 5.41) is 5.35. The summed E-state index contributed by atoms with van der Waals surface area (Å²) in [6, 6.07) is 12.0. The van der Waals surface area contributed by atoms with Crippen molar-refractivity contribution >= 4 is 10.8 Å². The van der Waals surface area contributed by atoms with Gasteiger partial charge in [0.15, 0.2) is 5.69 Å². The molecule has 0 aliphatic heterocycles. The Hall–Kier alpha value is -2.34. The minimum atomic E-state index is -4.45. The van der Waals surface area contributed by atoms with E-state index in [1.807, 2.05) is 30.3 Å². The molecular formula is C15H12F3N3. The summed E-state index contributed by atoms with van der Waals surface area (Å²) < 4.78 is 39.2. The molecular weight excluding hydrogens is 279 g/mol. The molecule has 0 saturated heterocycles. The van der Waals surface area contributed by atoms with Gasteiger partial charge >= 0.3 is 6.18 Å². The molecule has 3 aromatic rings. The van der Waals surface area contributed by atoms with Crippen LogP contribution in [0.5, 0.6) is 0 Å². The van der Waals surface area contributed by atoms with Gasteiger partial charge in [0.1, 0.15) is 0 Å². The van der Waals surface area contributed by atoms with Crippen LogP contribution in [0, 0.1) is 0 Å². The van der Waals surface area contributed by atoms with E-state index in [2.05, 4.69) is 5.10 Å². The number of nitrogens with zero attached hydrogens (tertiary/aromatic N) is 2. The van der Waals surface area contributed by atoms with E-state index in [1.165, 1.54) is 10.9 Å². The Balaban J connectivity index is 2.19. The maximum Gasteiger partial charge on any atom is 0.435 e. The Morgan fingerprint density at radius 1 is 1.00 bits per heavy atom. The summed E-state index contributed by atoms with van der Waals surface area (Å²) in [5.41, 5.74) is 6.32. The Labute approximate surface area is 118 Å². The fourth-order valence-electron chi connectivity index (χ4n) is 2.33. The number of fused-ring (bicyclic) bond motifs is 1. The van der Waals surface area contributed by atoms with Crippen LogP contribution in [0.15, 0.2) is 48.7 Å². The van der Waals surface area contributed by atoms with Gasteiger partial charge in [-0.2, -0.15) is 18.3 Å². The summed E-state index contributed by atoms with van der Waals surface area (Å²) in [6.45, 7) is 0.369. The SMILES string of the molecule is NCc1ccc(-n2ccc(C(F)(F)F)n2)c2ccccc12. The third kappa shape index (κ3) is 2.38. The van der Waals surface area contributed by atoms with Crippen LogP contribution in [0.4, 0.5) is 13.2 Å². The van der Waals surface area contributed by atoms with E-state index >= 15 is 0 Å². The average Bonchev–Trinajstić information content (AvgIpc) is 2.96. The van der Waals surface area contributed by atoms with Crippen LogP contribution >= 0.6 is 0 Å². The van der Waals surface area contributed by atoms with E-state index in [-0.39, 0.29) is 0 Å². The standard InChI is InChI=1S/C15H12F3N3/c16-15(17,18)14-7-8-21(20-14)13-6-5-10(9-19)11-3-1-2-4-12(11)13/h1-8H,9,19H2. The molecule has 0 bridgehead atoms. The maximum atomic E-state index is 12.7. The fourth-order valence-corrected chi connectivity index (χ4v) is 2.33. The Morgan fingerprint density at radius 2 is 1.71 bits per heavy atom. The molecule has 0 saturated carbocycles. The van der Waals surface area contributed by atoms with Crippen molar-refractivity contribution in [2.24, 2.45) is 5.73 Å². The molecule has 0 spiro atoms. The molecule has 0 amide bonds. The highest BCUT2D eigenvalue weighted by Crippen LogP contribution is 2.30. The minimum Gasteiger partial charge on any atom is -0.326 e. The van der Waals surface area contributed by atoms with Crippen LogP contribution in [0.25, 0.3) is 16.5 Å². The average molecular weight is 291 g/mol. The molecule has 0 aliphatic carbocycles. The fraction of sp³-hybridized carbons (Fsp3) is 0.133.